The van der Waals surface area contributed by atoms with E-state index in [-0.39, 0.29) is 11.5 Å². The Kier molecular flexibility index (Phi) is 4.45. The number of aromatic amines is 2. The van der Waals surface area contributed by atoms with E-state index in [2.05, 4.69) is 9.97 Å². The summed E-state index contributed by atoms with van der Waals surface area (Å²) in [6.07, 6.45) is -0.759. The Morgan fingerprint density at radius 3 is 1.61 bits per heavy atom. The van der Waals surface area contributed by atoms with Crippen LogP contribution in [-0.2, 0) is 6.18 Å². The van der Waals surface area contributed by atoms with E-state index >= 15 is 0 Å². The van der Waals surface area contributed by atoms with Gasteiger partial charge in [-0.05, 0) is 61.8 Å². The average Bonchev–Trinajstić information content (AvgIpc) is 3.33. The van der Waals surface area contributed by atoms with Crippen molar-refractivity contribution in [2.75, 3.05) is 0 Å². The van der Waals surface area contributed by atoms with Crippen LogP contribution in [0, 0.1) is 0 Å². The van der Waals surface area contributed by atoms with Crippen LogP contribution in [0.3, 0.4) is 0 Å². The second-order valence-corrected chi connectivity index (χ2v) is 9.34. The molecule has 4 nitrogen and oxygen atoms in total. The van der Waals surface area contributed by atoms with Crippen molar-refractivity contribution in [3.8, 4) is 11.5 Å². The summed E-state index contributed by atoms with van der Waals surface area (Å²) in [6, 6.07) is 15.1. The maximum absolute atomic E-state index is 13.1. The number of hydrogen-bond acceptors (Lipinski definition) is 2. The SMILES string of the molecule is Oc1ccc2[nH]cc(P(c3ccc(C(F)(F)F)cc3)c3c[nH]c4ccc(O)cc34)c2c1. The number of phenolic OH excluding ortho intramolecular Hbond substituents is 2. The zero-order chi connectivity index (χ0) is 21.8. The summed E-state index contributed by atoms with van der Waals surface area (Å²) in [6.45, 7) is 0. The summed E-state index contributed by atoms with van der Waals surface area (Å²) in [5.41, 5.74) is 0.921. The molecule has 0 bridgehead atoms. The zero-order valence-corrected chi connectivity index (χ0v) is 16.8. The molecule has 0 saturated carbocycles. The summed E-state index contributed by atoms with van der Waals surface area (Å²) in [4.78, 5) is 6.38. The van der Waals surface area contributed by atoms with Crippen molar-refractivity contribution >= 4 is 45.6 Å². The van der Waals surface area contributed by atoms with Gasteiger partial charge in [-0.25, -0.2) is 0 Å². The predicted molar refractivity (Wildman–Crippen MR) is 117 cm³/mol. The highest BCUT2D eigenvalue weighted by molar-refractivity contribution is 7.80. The third-order valence-corrected chi connectivity index (χ3v) is 7.74. The Labute approximate surface area is 175 Å². The number of fused-ring (bicyclic) bond motifs is 2. The van der Waals surface area contributed by atoms with Crippen LogP contribution in [0.5, 0.6) is 11.5 Å². The molecule has 5 aromatic rings. The number of aromatic hydroxyl groups is 2. The summed E-state index contributed by atoms with van der Waals surface area (Å²) in [5, 5.41) is 24.1. The largest absolute Gasteiger partial charge is 0.508 e. The zero-order valence-electron chi connectivity index (χ0n) is 15.9. The van der Waals surface area contributed by atoms with Gasteiger partial charge in [-0.3, -0.25) is 0 Å². The second kappa shape index (κ2) is 7.06. The first kappa shape index (κ1) is 19.5. The monoisotopic (exact) mass is 440 g/mol. The van der Waals surface area contributed by atoms with Crippen molar-refractivity contribution < 1.29 is 23.4 Å². The van der Waals surface area contributed by atoms with E-state index in [1.807, 2.05) is 12.4 Å². The van der Waals surface area contributed by atoms with E-state index in [0.717, 1.165) is 49.9 Å². The van der Waals surface area contributed by atoms with Crippen LogP contribution >= 0.6 is 7.92 Å². The lowest BCUT2D eigenvalue weighted by Gasteiger charge is -2.19. The highest BCUT2D eigenvalue weighted by atomic mass is 31.1. The fraction of sp³-hybridized carbons (Fsp3) is 0.0435. The van der Waals surface area contributed by atoms with Crippen molar-refractivity contribution in [1.82, 2.24) is 9.97 Å². The van der Waals surface area contributed by atoms with Crippen LogP contribution in [0.4, 0.5) is 13.2 Å². The quantitative estimate of drug-likeness (QED) is 0.303. The Bertz CT molecular complexity index is 1320. The molecule has 0 aliphatic heterocycles. The molecule has 0 aliphatic carbocycles. The minimum atomic E-state index is -4.42. The maximum atomic E-state index is 13.1. The first-order valence-corrected chi connectivity index (χ1v) is 10.7. The Morgan fingerprint density at radius 1 is 0.677 bits per heavy atom. The van der Waals surface area contributed by atoms with Gasteiger partial charge in [0.1, 0.15) is 11.5 Å². The molecule has 4 N–H and O–H groups in total. The second-order valence-electron chi connectivity index (χ2n) is 7.19. The van der Waals surface area contributed by atoms with Crippen LogP contribution in [0.15, 0.2) is 73.1 Å². The van der Waals surface area contributed by atoms with E-state index in [4.69, 9.17) is 0 Å². The lowest BCUT2D eigenvalue weighted by atomic mass is 10.2. The van der Waals surface area contributed by atoms with Crippen LogP contribution in [-0.4, -0.2) is 20.2 Å². The van der Waals surface area contributed by atoms with Gasteiger partial charge in [0.25, 0.3) is 0 Å². The number of nitrogens with one attached hydrogen (secondary N) is 2. The van der Waals surface area contributed by atoms with Gasteiger partial charge in [0.05, 0.1) is 5.56 Å². The minimum Gasteiger partial charge on any atom is -0.508 e. The molecule has 31 heavy (non-hydrogen) atoms. The number of rotatable bonds is 3. The molecule has 8 heteroatoms. The van der Waals surface area contributed by atoms with Gasteiger partial charge in [-0.15, -0.1) is 0 Å². The predicted octanol–water partition coefficient (Wildman–Crippen LogP) is 4.84. The number of aromatic nitrogens is 2. The topological polar surface area (TPSA) is 72.0 Å². The van der Waals surface area contributed by atoms with Crippen LogP contribution < -0.4 is 15.9 Å². The highest BCUT2D eigenvalue weighted by Crippen LogP contribution is 2.40. The fourth-order valence-electron chi connectivity index (χ4n) is 3.77. The Balaban J connectivity index is 1.76. The fourth-order valence-corrected chi connectivity index (χ4v) is 6.27. The number of phenols is 2. The lowest BCUT2D eigenvalue weighted by Crippen LogP contribution is -2.20. The Morgan fingerprint density at radius 2 is 1.16 bits per heavy atom. The van der Waals surface area contributed by atoms with Gasteiger partial charge < -0.3 is 20.2 Å². The van der Waals surface area contributed by atoms with E-state index in [1.165, 1.54) is 12.1 Å². The van der Waals surface area contributed by atoms with Gasteiger partial charge in [0.2, 0.25) is 0 Å². The lowest BCUT2D eigenvalue weighted by molar-refractivity contribution is -0.137. The molecule has 0 atom stereocenters. The molecule has 0 aliphatic rings. The molecule has 0 saturated heterocycles. The van der Waals surface area contributed by atoms with Gasteiger partial charge in [0, 0.05) is 44.8 Å². The summed E-state index contributed by atoms with van der Waals surface area (Å²) < 4.78 is 39.3. The molecule has 2 aromatic heterocycles. The van der Waals surface area contributed by atoms with Gasteiger partial charge >= 0.3 is 6.18 Å². The first-order valence-electron chi connectivity index (χ1n) is 9.39. The summed E-state index contributed by atoms with van der Waals surface area (Å²) in [7, 11) is -1.30. The molecular weight excluding hydrogens is 424 g/mol. The maximum Gasteiger partial charge on any atom is 0.416 e. The van der Waals surface area contributed by atoms with Crippen LogP contribution in [0.25, 0.3) is 21.8 Å². The normalized spacial score (nSPS) is 12.3. The van der Waals surface area contributed by atoms with Crippen LogP contribution in [0.1, 0.15) is 5.56 Å². The number of benzene rings is 3. The molecule has 0 radical (unpaired) electrons. The molecule has 0 unspecified atom stereocenters. The van der Waals surface area contributed by atoms with E-state index in [1.54, 1.807) is 36.4 Å². The number of hydrogen-bond donors (Lipinski definition) is 4. The van der Waals surface area contributed by atoms with Crippen molar-refractivity contribution in [1.29, 1.82) is 0 Å². The van der Waals surface area contributed by atoms with Gasteiger partial charge in [-0.2, -0.15) is 13.2 Å². The average molecular weight is 440 g/mol. The molecule has 3 aromatic carbocycles. The van der Waals surface area contributed by atoms with Gasteiger partial charge in [-0.1, -0.05) is 12.1 Å². The minimum absolute atomic E-state index is 0.104. The van der Waals surface area contributed by atoms with Gasteiger partial charge in [0.15, 0.2) is 0 Å². The third-order valence-electron chi connectivity index (χ3n) is 5.22. The third kappa shape index (κ3) is 3.41. The molecule has 5 rings (SSSR count). The van der Waals surface area contributed by atoms with E-state index < -0.39 is 19.7 Å². The van der Waals surface area contributed by atoms with Crippen molar-refractivity contribution in [2.24, 2.45) is 0 Å². The first-order chi connectivity index (χ1) is 14.8. The van der Waals surface area contributed by atoms with Crippen molar-refractivity contribution in [3.05, 3.63) is 78.6 Å². The molecule has 2 heterocycles. The van der Waals surface area contributed by atoms with E-state index in [9.17, 15) is 23.4 Å². The van der Waals surface area contributed by atoms with Crippen molar-refractivity contribution in [3.63, 3.8) is 0 Å². The van der Waals surface area contributed by atoms with E-state index in [0.29, 0.717) is 0 Å². The number of H-pyrrole nitrogens is 2. The Hall–Kier alpha value is -3.44. The summed E-state index contributed by atoms with van der Waals surface area (Å²) >= 11 is 0. The molecule has 156 valence electrons. The number of alkyl halides is 3. The van der Waals surface area contributed by atoms with Crippen LogP contribution in [0.2, 0.25) is 0 Å². The highest BCUT2D eigenvalue weighted by Gasteiger charge is 2.31. The molecular formula is C23H16F3N2O2P. The van der Waals surface area contributed by atoms with Crippen molar-refractivity contribution in [2.45, 2.75) is 6.18 Å². The summed E-state index contributed by atoms with van der Waals surface area (Å²) in [5.74, 6) is 0.208. The molecule has 0 amide bonds. The molecule has 0 fully saturated rings. The standard InChI is InChI=1S/C23H16F3N2O2P/c24-23(25,26)13-1-5-16(6-2-13)31(21-11-27-19-7-3-14(29)9-17(19)21)22-12-28-20-8-4-15(30)10-18(20)22/h1-12,27-30H. The number of halogens is 3. The smallest absolute Gasteiger partial charge is 0.416 e. The molecule has 0 spiro atoms.